The molecule has 104 valence electrons. The number of sulfonamides is 1. The van der Waals surface area contributed by atoms with Crippen LogP contribution in [0.1, 0.15) is 39.0 Å². The van der Waals surface area contributed by atoms with E-state index < -0.39 is 10.0 Å². The van der Waals surface area contributed by atoms with Gasteiger partial charge in [-0.3, -0.25) is 4.72 Å². The SMILES string of the molecule is CC(NS(=O)(=O)c1ccc(Cl)cc1)=C1CCCCC1. The highest BCUT2D eigenvalue weighted by molar-refractivity contribution is 7.89. The van der Waals surface area contributed by atoms with E-state index in [1.807, 2.05) is 6.92 Å². The molecule has 0 saturated heterocycles. The number of halogens is 1. The fourth-order valence-corrected chi connectivity index (χ4v) is 3.59. The van der Waals surface area contributed by atoms with Gasteiger partial charge in [-0.25, -0.2) is 8.42 Å². The highest BCUT2D eigenvalue weighted by atomic mass is 35.5. The average Bonchev–Trinajstić information content (AvgIpc) is 2.40. The van der Waals surface area contributed by atoms with Gasteiger partial charge < -0.3 is 0 Å². The maximum absolute atomic E-state index is 12.2. The van der Waals surface area contributed by atoms with Crippen molar-refractivity contribution >= 4 is 21.6 Å². The molecule has 0 atom stereocenters. The Balaban J connectivity index is 2.19. The number of nitrogens with one attached hydrogen (secondary N) is 1. The molecule has 0 radical (unpaired) electrons. The van der Waals surface area contributed by atoms with Crippen LogP contribution in [-0.4, -0.2) is 8.42 Å². The van der Waals surface area contributed by atoms with E-state index in [1.54, 1.807) is 12.1 Å². The molecular formula is C14H18ClNO2S. The number of rotatable bonds is 3. The van der Waals surface area contributed by atoms with Gasteiger partial charge in [0.2, 0.25) is 0 Å². The van der Waals surface area contributed by atoms with Crippen LogP contribution in [0.15, 0.2) is 40.4 Å². The maximum Gasteiger partial charge on any atom is 0.261 e. The lowest BCUT2D eigenvalue weighted by Crippen LogP contribution is -2.23. The lowest BCUT2D eigenvalue weighted by atomic mass is 9.94. The van der Waals surface area contributed by atoms with Crippen LogP contribution in [0, 0.1) is 0 Å². The summed E-state index contributed by atoms with van der Waals surface area (Å²) in [7, 11) is -3.49. The minimum Gasteiger partial charge on any atom is -0.284 e. The molecular weight excluding hydrogens is 282 g/mol. The van der Waals surface area contributed by atoms with Crippen molar-refractivity contribution in [2.45, 2.75) is 43.9 Å². The Morgan fingerprint density at radius 3 is 2.26 bits per heavy atom. The van der Waals surface area contributed by atoms with E-state index in [1.165, 1.54) is 24.1 Å². The third-order valence-corrected chi connectivity index (χ3v) is 5.12. The Hall–Kier alpha value is -1.00. The fourth-order valence-electron chi connectivity index (χ4n) is 2.30. The number of benzene rings is 1. The molecule has 0 spiro atoms. The zero-order chi connectivity index (χ0) is 13.9. The Labute approximate surface area is 119 Å². The van der Waals surface area contributed by atoms with E-state index in [9.17, 15) is 8.42 Å². The van der Waals surface area contributed by atoms with Crippen LogP contribution in [-0.2, 0) is 10.0 Å². The van der Waals surface area contributed by atoms with E-state index in [4.69, 9.17) is 11.6 Å². The summed E-state index contributed by atoms with van der Waals surface area (Å²) in [5.74, 6) is 0. The van der Waals surface area contributed by atoms with E-state index in [2.05, 4.69) is 4.72 Å². The summed E-state index contributed by atoms with van der Waals surface area (Å²) in [5, 5.41) is 0.529. The van der Waals surface area contributed by atoms with Crippen molar-refractivity contribution in [1.29, 1.82) is 0 Å². The van der Waals surface area contributed by atoms with Crippen molar-refractivity contribution in [2.75, 3.05) is 0 Å². The molecule has 1 aliphatic rings. The molecule has 0 aromatic heterocycles. The molecule has 0 amide bonds. The molecule has 1 aromatic rings. The van der Waals surface area contributed by atoms with Crippen LogP contribution in [0.3, 0.4) is 0 Å². The molecule has 0 bridgehead atoms. The average molecular weight is 300 g/mol. The first-order valence-corrected chi connectivity index (χ1v) is 8.32. The summed E-state index contributed by atoms with van der Waals surface area (Å²) in [6.07, 6.45) is 5.52. The monoisotopic (exact) mass is 299 g/mol. The van der Waals surface area contributed by atoms with Crippen LogP contribution in [0.2, 0.25) is 5.02 Å². The van der Waals surface area contributed by atoms with Crippen LogP contribution >= 0.6 is 11.6 Å². The second-order valence-electron chi connectivity index (χ2n) is 4.85. The van der Waals surface area contributed by atoms with E-state index >= 15 is 0 Å². The Morgan fingerprint density at radius 2 is 1.68 bits per heavy atom. The van der Waals surface area contributed by atoms with Crippen LogP contribution in [0.5, 0.6) is 0 Å². The first-order valence-electron chi connectivity index (χ1n) is 6.46. The van der Waals surface area contributed by atoms with Crippen molar-refractivity contribution in [3.8, 4) is 0 Å². The summed E-state index contributed by atoms with van der Waals surface area (Å²) in [5.41, 5.74) is 2.00. The third kappa shape index (κ3) is 3.74. The van der Waals surface area contributed by atoms with Gasteiger partial charge in [0.15, 0.2) is 0 Å². The Morgan fingerprint density at radius 1 is 1.11 bits per heavy atom. The second kappa shape index (κ2) is 5.97. The van der Waals surface area contributed by atoms with Crippen molar-refractivity contribution in [2.24, 2.45) is 0 Å². The lowest BCUT2D eigenvalue weighted by Gasteiger charge is -2.18. The zero-order valence-corrected chi connectivity index (χ0v) is 12.5. The molecule has 1 aliphatic carbocycles. The van der Waals surface area contributed by atoms with Crippen LogP contribution in [0.25, 0.3) is 0 Å². The predicted octanol–water partition coefficient (Wildman–Crippen LogP) is 3.86. The maximum atomic E-state index is 12.2. The summed E-state index contributed by atoms with van der Waals surface area (Å²) in [6.45, 7) is 1.84. The van der Waals surface area contributed by atoms with Gasteiger partial charge >= 0.3 is 0 Å². The van der Waals surface area contributed by atoms with Crippen molar-refractivity contribution in [3.05, 3.63) is 40.6 Å². The zero-order valence-electron chi connectivity index (χ0n) is 10.9. The lowest BCUT2D eigenvalue weighted by molar-refractivity contribution is 0.577. The van der Waals surface area contributed by atoms with Crippen LogP contribution in [0.4, 0.5) is 0 Å². The first-order chi connectivity index (χ1) is 8.99. The third-order valence-electron chi connectivity index (χ3n) is 3.40. The minimum absolute atomic E-state index is 0.243. The van der Waals surface area contributed by atoms with Gasteiger partial charge in [0, 0.05) is 10.7 Å². The van der Waals surface area contributed by atoms with Crippen molar-refractivity contribution < 1.29 is 8.42 Å². The van der Waals surface area contributed by atoms with Crippen molar-refractivity contribution in [1.82, 2.24) is 4.72 Å². The Kier molecular flexibility index (Phi) is 4.53. The molecule has 0 unspecified atom stereocenters. The van der Waals surface area contributed by atoms with E-state index in [0.29, 0.717) is 5.02 Å². The molecule has 19 heavy (non-hydrogen) atoms. The molecule has 1 saturated carbocycles. The van der Waals surface area contributed by atoms with Gasteiger partial charge in [0.05, 0.1) is 4.90 Å². The topological polar surface area (TPSA) is 46.2 Å². The summed E-state index contributed by atoms with van der Waals surface area (Å²) in [4.78, 5) is 0.243. The van der Waals surface area contributed by atoms with Gasteiger partial charge in [-0.15, -0.1) is 0 Å². The van der Waals surface area contributed by atoms with Gasteiger partial charge in [0.1, 0.15) is 0 Å². The van der Waals surface area contributed by atoms with Gasteiger partial charge in [-0.05, 0) is 56.9 Å². The molecule has 1 aromatic carbocycles. The van der Waals surface area contributed by atoms with E-state index in [0.717, 1.165) is 31.4 Å². The summed E-state index contributed by atoms with van der Waals surface area (Å²) < 4.78 is 27.1. The van der Waals surface area contributed by atoms with Gasteiger partial charge in [-0.2, -0.15) is 0 Å². The normalized spacial score (nSPS) is 16.2. The molecule has 1 fully saturated rings. The standard InChI is InChI=1S/C14H18ClNO2S/c1-11(12-5-3-2-4-6-12)16-19(17,18)14-9-7-13(15)8-10-14/h7-10,16H,2-6H2,1H3. The van der Waals surface area contributed by atoms with Gasteiger partial charge in [-0.1, -0.05) is 23.6 Å². The first kappa shape index (κ1) is 14.4. The molecule has 0 heterocycles. The summed E-state index contributed by atoms with van der Waals surface area (Å²) in [6, 6.07) is 6.20. The van der Waals surface area contributed by atoms with Crippen molar-refractivity contribution in [3.63, 3.8) is 0 Å². The van der Waals surface area contributed by atoms with Gasteiger partial charge in [0.25, 0.3) is 10.0 Å². The quantitative estimate of drug-likeness (QED) is 0.921. The molecule has 1 N–H and O–H groups in total. The number of hydrogen-bond acceptors (Lipinski definition) is 2. The summed E-state index contributed by atoms with van der Waals surface area (Å²) >= 11 is 5.76. The molecule has 0 aliphatic heterocycles. The number of allylic oxidation sites excluding steroid dienone is 2. The highest BCUT2D eigenvalue weighted by Gasteiger charge is 2.16. The second-order valence-corrected chi connectivity index (χ2v) is 6.97. The molecule has 3 nitrogen and oxygen atoms in total. The number of hydrogen-bond donors (Lipinski definition) is 1. The smallest absolute Gasteiger partial charge is 0.261 e. The largest absolute Gasteiger partial charge is 0.284 e. The molecule has 5 heteroatoms. The van der Waals surface area contributed by atoms with Crippen LogP contribution < -0.4 is 4.72 Å². The van der Waals surface area contributed by atoms with E-state index in [-0.39, 0.29) is 4.90 Å². The predicted molar refractivity (Wildman–Crippen MR) is 77.6 cm³/mol. The Bertz CT molecular complexity index is 568. The molecule has 2 rings (SSSR count). The fraction of sp³-hybridized carbons (Fsp3) is 0.429. The minimum atomic E-state index is -3.49. The highest BCUT2D eigenvalue weighted by Crippen LogP contribution is 2.25.